The van der Waals surface area contributed by atoms with Crippen LogP contribution in [-0.4, -0.2) is 48.6 Å². The molecule has 0 unspecified atom stereocenters. The first-order valence-electron chi connectivity index (χ1n) is 5.79. The summed E-state index contributed by atoms with van der Waals surface area (Å²) < 4.78 is 32.7. The standard InChI is InChI=1S/C10H20N4O3S/c1-4-14(6-7-17-5-2)18(15,16)10-9(11)12-8-13(10)3/h8H,4-7,11H2,1-3H3. The molecular weight excluding hydrogens is 256 g/mol. The van der Waals surface area contributed by atoms with Crippen LogP contribution in [0.5, 0.6) is 0 Å². The molecule has 0 spiro atoms. The molecule has 104 valence electrons. The van der Waals surface area contributed by atoms with E-state index in [2.05, 4.69) is 4.98 Å². The summed E-state index contributed by atoms with van der Waals surface area (Å²) in [6, 6.07) is 0. The molecule has 0 aromatic carbocycles. The van der Waals surface area contributed by atoms with E-state index in [1.165, 1.54) is 15.2 Å². The Hall–Kier alpha value is -1.12. The van der Waals surface area contributed by atoms with Crippen molar-refractivity contribution in [3.05, 3.63) is 6.33 Å². The van der Waals surface area contributed by atoms with Gasteiger partial charge in [-0.05, 0) is 6.92 Å². The zero-order chi connectivity index (χ0) is 13.8. The summed E-state index contributed by atoms with van der Waals surface area (Å²) in [5.41, 5.74) is 5.61. The fourth-order valence-corrected chi connectivity index (χ4v) is 3.26. The van der Waals surface area contributed by atoms with Gasteiger partial charge in [-0.25, -0.2) is 13.4 Å². The molecule has 0 aliphatic rings. The van der Waals surface area contributed by atoms with Crippen molar-refractivity contribution in [1.82, 2.24) is 13.9 Å². The van der Waals surface area contributed by atoms with Crippen molar-refractivity contribution >= 4 is 15.8 Å². The molecule has 7 nitrogen and oxygen atoms in total. The Balaban J connectivity index is 2.97. The number of nitrogen functional groups attached to an aromatic ring is 1. The average Bonchev–Trinajstić information content (AvgIpc) is 2.64. The number of likely N-dealkylation sites (N-methyl/N-ethyl adjacent to an activating group) is 1. The van der Waals surface area contributed by atoms with Gasteiger partial charge in [0.15, 0.2) is 10.8 Å². The molecule has 8 heteroatoms. The van der Waals surface area contributed by atoms with Gasteiger partial charge in [0.05, 0.1) is 12.9 Å². The highest BCUT2D eigenvalue weighted by Crippen LogP contribution is 2.20. The maximum Gasteiger partial charge on any atom is 0.262 e. The number of sulfonamides is 1. The van der Waals surface area contributed by atoms with E-state index in [9.17, 15) is 8.42 Å². The summed E-state index contributed by atoms with van der Waals surface area (Å²) in [5, 5.41) is 0.0286. The molecule has 1 aromatic rings. The zero-order valence-corrected chi connectivity index (χ0v) is 11.8. The number of anilines is 1. The smallest absolute Gasteiger partial charge is 0.262 e. The molecule has 0 aliphatic carbocycles. The third-order valence-electron chi connectivity index (χ3n) is 2.54. The van der Waals surface area contributed by atoms with Crippen molar-refractivity contribution in [3.8, 4) is 0 Å². The normalized spacial score (nSPS) is 12.2. The van der Waals surface area contributed by atoms with Gasteiger partial charge in [-0.1, -0.05) is 6.92 Å². The Morgan fingerprint density at radius 3 is 2.61 bits per heavy atom. The molecule has 1 heterocycles. The van der Waals surface area contributed by atoms with Crippen LogP contribution in [0.3, 0.4) is 0 Å². The fourth-order valence-electron chi connectivity index (χ4n) is 1.63. The van der Waals surface area contributed by atoms with E-state index in [-0.39, 0.29) is 10.8 Å². The summed E-state index contributed by atoms with van der Waals surface area (Å²) >= 11 is 0. The van der Waals surface area contributed by atoms with Gasteiger partial charge in [0.2, 0.25) is 0 Å². The number of imidazole rings is 1. The SMILES string of the molecule is CCOCCN(CC)S(=O)(=O)c1c(N)ncn1C. The summed E-state index contributed by atoms with van der Waals surface area (Å²) in [6.45, 7) is 5.23. The lowest BCUT2D eigenvalue weighted by atomic mass is 10.6. The van der Waals surface area contributed by atoms with Crippen LogP contribution in [0.25, 0.3) is 0 Å². The highest BCUT2D eigenvalue weighted by molar-refractivity contribution is 7.89. The van der Waals surface area contributed by atoms with Crippen LogP contribution in [0, 0.1) is 0 Å². The Morgan fingerprint density at radius 2 is 2.17 bits per heavy atom. The number of aryl methyl sites for hydroxylation is 1. The number of aromatic nitrogens is 2. The van der Waals surface area contributed by atoms with Crippen molar-refractivity contribution in [2.45, 2.75) is 18.9 Å². The number of ether oxygens (including phenoxy) is 1. The lowest BCUT2D eigenvalue weighted by Crippen LogP contribution is -2.35. The third-order valence-corrected chi connectivity index (χ3v) is 4.64. The second-order valence-corrected chi connectivity index (χ2v) is 5.59. The first-order chi connectivity index (χ1) is 8.45. The Bertz CT molecular complexity index is 464. The number of nitrogens with zero attached hydrogens (tertiary/aromatic N) is 3. The summed E-state index contributed by atoms with van der Waals surface area (Å²) in [7, 11) is -2.02. The highest BCUT2D eigenvalue weighted by Gasteiger charge is 2.28. The summed E-state index contributed by atoms with van der Waals surface area (Å²) in [4.78, 5) is 3.80. The fraction of sp³-hybridized carbons (Fsp3) is 0.700. The molecule has 2 N–H and O–H groups in total. The van der Waals surface area contributed by atoms with Gasteiger partial charge < -0.3 is 15.0 Å². The van der Waals surface area contributed by atoms with E-state index >= 15 is 0 Å². The summed E-state index contributed by atoms with van der Waals surface area (Å²) in [5.74, 6) is 0.0207. The molecule has 18 heavy (non-hydrogen) atoms. The minimum atomic E-state index is -3.62. The first kappa shape index (κ1) is 14.9. The summed E-state index contributed by atoms with van der Waals surface area (Å²) in [6.07, 6.45) is 1.39. The average molecular weight is 276 g/mol. The molecule has 0 radical (unpaired) electrons. The minimum absolute atomic E-state index is 0.0207. The molecular formula is C10H20N4O3S. The van der Waals surface area contributed by atoms with Gasteiger partial charge in [0.1, 0.15) is 0 Å². The number of hydrogen-bond donors (Lipinski definition) is 1. The molecule has 0 saturated heterocycles. The Morgan fingerprint density at radius 1 is 1.50 bits per heavy atom. The van der Waals surface area contributed by atoms with E-state index in [1.54, 1.807) is 14.0 Å². The van der Waals surface area contributed by atoms with E-state index in [0.717, 1.165) is 0 Å². The minimum Gasteiger partial charge on any atom is -0.381 e. The lowest BCUT2D eigenvalue weighted by molar-refractivity contribution is 0.135. The molecule has 0 fully saturated rings. The van der Waals surface area contributed by atoms with Crippen molar-refractivity contribution in [2.24, 2.45) is 7.05 Å². The zero-order valence-electron chi connectivity index (χ0n) is 11.0. The van der Waals surface area contributed by atoms with E-state index < -0.39 is 10.0 Å². The number of rotatable bonds is 7. The van der Waals surface area contributed by atoms with E-state index in [0.29, 0.717) is 26.3 Å². The lowest BCUT2D eigenvalue weighted by Gasteiger charge is -2.20. The second kappa shape index (κ2) is 6.17. The van der Waals surface area contributed by atoms with Crippen LogP contribution in [0.4, 0.5) is 5.82 Å². The monoisotopic (exact) mass is 276 g/mol. The molecule has 0 bridgehead atoms. The van der Waals surface area contributed by atoms with Gasteiger partial charge in [-0.15, -0.1) is 0 Å². The van der Waals surface area contributed by atoms with Crippen LogP contribution in [0.15, 0.2) is 11.4 Å². The Kier molecular flexibility index (Phi) is 5.12. The third kappa shape index (κ3) is 3.01. The highest BCUT2D eigenvalue weighted by atomic mass is 32.2. The van der Waals surface area contributed by atoms with Gasteiger partial charge in [0.25, 0.3) is 10.0 Å². The molecule has 1 rings (SSSR count). The van der Waals surface area contributed by atoms with Crippen molar-refractivity contribution < 1.29 is 13.2 Å². The van der Waals surface area contributed by atoms with Crippen molar-refractivity contribution in [2.75, 3.05) is 32.0 Å². The predicted molar refractivity (Wildman–Crippen MR) is 68.5 cm³/mol. The van der Waals surface area contributed by atoms with Gasteiger partial charge >= 0.3 is 0 Å². The predicted octanol–water partition coefficient (Wildman–Crippen LogP) is 0.0494. The van der Waals surface area contributed by atoms with E-state index in [4.69, 9.17) is 10.5 Å². The topological polar surface area (TPSA) is 90.4 Å². The van der Waals surface area contributed by atoms with Crippen molar-refractivity contribution in [3.63, 3.8) is 0 Å². The Labute approximate surface area is 108 Å². The maximum absolute atomic E-state index is 12.4. The van der Waals surface area contributed by atoms with Gasteiger partial charge in [-0.3, -0.25) is 0 Å². The molecule has 0 saturated carbocycles. The number of nitrogens with two attached hydrogens (primary N) is 1. The van der Waals surface area contributed by atoms with Gasteiger partial charge in [-0.2, -0.15) is 4.31 Å². The number of hydrogen-bond acceptors (Lipinski definition) is 5. The molecule has 0 atom stereocenters. The molecule has 0 aliphatic heterocycles. The molecule has 0 amide bonds. The quantitative estimate of drug-likeness (QED) is 0.711. The van der Waals surface area contributed by atoms with Crippen LogP contribution in [-0.2, 0) is 21.8 Å². The largest absolute Gasteiger partial charge is 0.381 e. The van der Waals surface area contributed by atoms with Crippen LogP contribution < -0.4 is 5.73 Å². The first-order valence-corrected chi connectivity index (χ1v) is 7.23. The molecule has 1 aromatic heterocycles. The van der Waals surface area contributed by atoms with Crippen LogP contribution in [0.1, 0.15) is 13.8 Å². The van der Waals surface area contributed by atoms with E-state index in [1.807, 2.05) is 6.92 Å². The second-order valence-electron chi connectivity index (χ2n) is 3.74. The van der Waals surface area contributed by atoms with Crippen LogP contribution >= 0.6 is 0 Å². The van der Waals surface area contributed by atoms with Gasteiger partial charge in [0, 0.05) is 26.7 Å². The maximum atomic E-state index is 12.4. The van der Waals surface area contributed by atoms with Crippen molar-refractivity contribution in [1.29, 1.82) is 0 Å². The van der Waals surface area contributed by atoms with Crippen LogP contribution in [0.2, 0.25) is 0 Å².